The second-order valence-electron chi connectivity index (χ2n) is 7.79. The molecule has 2 amide bonds. The van der Waals surface area contributed by atoms with Gasteiger partial charge in [0.15, 0.2) is 0 Å². The third kappa shape index (κ3) is 4.46. The molecule has 5 heteroatoms. The van der Waals surface area contributed by atoms with E-state index >= 15 is 0 Å². The number of aryl methyl sites for hydroxylation is 1. The lowest BCUT2D eigenvalue weighted by atomic mass is 9.95. The van der Waals surface area contributed by atoms with Gasteiger partial charge >= 0.3 is 0 Å². The summed E-state index contributed by atoms with van der Waals surface area (Å²) in [5.41, 5.74) is 4.03. The first kappa shape index (κ1) is 20.4. The van der Waals surface area contributed by atoms with Crippen LogP contribution in [0.1, 0.15) is 39.9 Å². The number of anilines is 1. The number of hydrogen-bond acceptors (Lipinski definition) is 2. The SMILES string of the molecule is Cc1ccc(C(=O)Nc2cccc(CNC(=O)C3(c4ccc(Br)cc4)CC3)c2)cc1. The van der Waals surface area contributed by atoms with Crippen molar-refractivity contribution in [3.05, 3.63) is 99.5 Å². The number of carbonyl (C=O) groups excluding carboxylic acids is 2. The number of benzene rings is 3. The average Bonchev–Trinajstić information content (AvgIpc) is 3.55. The quantitative estimate of drug-likeness (QED) is 0.517. The Morgan fingerprint density at radius 1 is 0.967 bits per heavy atom. The van der Waals surface area contributed by atoms with Crippen LogP contribution < -0.4 is 10.6 Å². The number of amides is 2. The zero-order valence-corrected chi connectivity index (χ0v) is 18.3. The van der Waals surface area contributed by atoms with Crippen LogP contribution in [0.25, 0.3) is 0 Å². The molecule has 1 saturated carbocycles. The Morgan fingerprint density at radius 3 is 2.33 bits per heavy atom. The zero-order chi connectivity index (χ0) is 21.1. The maximum Gasteiger partial charge on any atom is 0.255 e. The van der Waals surface area contributed by atoms with E-state index in [0.717, 1.165) is 34.0 Å². The van der Waals surface area contributed by atoms with Gasteiger partial charge in [-0.3, -0.25) is 9.59 Å². The van der Waals surface area contributed by atoms with Crippen LogP contribution in [0.3, 0.4) is 0 Å². The van der Waals surface area contributed by atoms with Gasteiger partial charge in [0.25, 0.3) is 5.91 Å². The maximum atomic E-state index is 12.9. The predicted octanol–water partition coefficient (Wildman–Crippen LogP) is 5.36. The van der Waals surface area contributed by atoms with Gasteiger partial charge in [0, 0.05) is 22.3 Å². The van der Waals surface area contributed by atoms with Gasteiger partial charge in [-0.2, -0.15) is 0 Å². The lowest BCUT2D eigenvalue weighted by Gasteiger charge is -2.16. The fourth-order valence-electron chi connectivity index (χ4n) is 3.56. The van der Waals surface area contributed by atoms with Crippen LogP contribution in [0.5, 0.6) is 0 Å². The highest BCUT2D eigenvalue weighted by molar-refractivity contribution is 9.10. The topological polar surface area (TPSA) is 58.2 Å². The van der Waals surface area contributed by atoms with E-state index in [2.05, 4.69) is 26.6 Å². The minimum absolute atomic E-state index is 0.0546. The normalized spacial score (nSPS) is 14.1. The molecular formula is C25H23BrN2O2. The van der Waals surface area contributed by atoms with Gasteiger partial charge in [-0.15, -0.1) is 0 Å². The van der Waals surface area contributed by atoms with Gasteiger partial charge < -0.3 is 10.6 Å². The van der Waals surface area contributed by atoms with E-state index in [9.17, 15) is 9.59 Å². The Bertz CT molecular complexity index is 1070. The molecule has 0 bridgehead atoms. The molecule has 0 unspecified atom stereocenters. The summed E-state index contributed by atoms with van der Waals surface area (Å²) in [6, 6.07) is 23.0. The number of carbonyl (C=O) groups is 2. The second-order valence-corrected chi connectivity index (χ2v) is 8.71. The second kappa shape index (κ2) is 8.44. The highest BCUT2D eigenvalue weighted by Gasteiger charge is 2.50. The number of halogens is 1. The van der Waals surface area contributed by atoms with E-state index in [0.29, 0.717) is 17.8 Å². The van der Waals surface area contributed by atoms with E-state index in [-0.39, 0.29) is 11.8 Å². The number of nitrogens with one attached hydrogen (secondary N) is 2. The molecule has 2 N–H and O–H groups in total. The molecule has 1 aliphatic rings. The molecule has 3 aromatic rings. The van der Waals surface area contributed by atoms with Gasteiger partial charge in [0.2, 0.25) is 5.91 Å². The monoisotopic (exact) mass is 462 g/mol. The van der Waals surface area contributed by atoms with E-state index in [1.807, 2.05) is 79.7 Å². The standard InChI is InChI=1S/C25H23BrN2O2/c1-17-5-7-19(8-6-17)23(29)28-22-4-2-3-18(15-22)16-27-24(30)25(13-14-25)20-9-11-21(26)12-10-20/h2-12,15H,13-14,16H2,1H3,(H,27,30)(H,28,29). The summed E-state index contributed by atoms with van der Waals surface area (Å²) in [7, 11) is 0. The van der Waals surface area contributed by atoms with Crippen LogP contribution >= 0.6 is 15.9 Å². The van der Waals surface area contributed by atoms with E-state index in [4.69, 9.17) is 0 Å². The minimum atomic E-state index is -0.405. The first-order chi connectivity index (χ1) is 14.5. The van der Waals surface area contributed by atoms with Gasteiger partial charge in [0.1, 0.15) is 0 Å². The molecule has 0 aromatic heterocycles. The van der Waals surface area contributed by atoms with Crippen molar-refractivity contribution in [2.75, 3.05) is 5.32 Å². The van der Waals surface area contributed by atoms with Gasteiger partial charge in [-0.05, 0) is 67.3 Å². The van der Waals surface area contributed by atoms with Gasteiger partial charge in [0.05, 0.1) is 5.41 Å². The summed E-state index contributed by atoms with van der Waals surface area (Å²) in [5.74, 6) is -0.0951. The molecule has 0 spiro atoms. The molecule has 0 heterocycles. The Hall–Kier alpha value is -2.92. The third-order valence-electron chi connectivity index (χ3n) is 5.53. The smallest absolute Gasteiger partial charge is 0.255 e. The number of rotatable bonds is 6. The molecule has 4 nitrogen and oxygen atoms in total. The lowest BCUT2D eigenvalue weighted by Crippen LogP contribution is -2.34. The summed E-state index contributed by atoms with van der Waals surface area (Å²) < 4.78 is 1.01. The van der Waals surface area contributed by atoms with E-state index in [1.54, 1.807) is 0 Å². The van der Waals surface area contributed by atoms with Crippen molar-refractivity contribution in [3.8, 4) is 0 Å². The zero-order valence-electron chi connectivity index (χ0n) is 16.7. The molecule has 4 rings (SSSR count). The largest absolute Gasteiger partial charge is 0.351 e. The Balaban J connectivity index is 1.38. The Labute approximate surface area is 184 Å². The fourth-order valence-corrected chi connectivity index (χ4v) is 3.82. The summed E-state index contributed by atoms with van der Waals surface area (Å²) in [6.07, 6.45) is 1.74. The molecule has 0 atom stereocenters. The first-order valence-corrected chi connectivity index (χ1v) is 10.8. The summed E-state index contributed by atoms with van der Waals surface area (Å²) in [4.78, 5) is 25.3. The van der Waals surface area contributed by atoms with Gasteiger partial charge in [-0.1, -0.05) is 57.9 Å². The number of hydrogen-bond donors (Lipinski definition) is 2. The van der Waals surface area contributed by atoms with Gasteiger partial charge in [-0.25, -0.2) is 0 Å². The maximum absolute atomic E-state index is 12.9. The Morgan fingerprint density at radius 2 is 1.67 bits per heavy atom. The Kier molecular flexibility index (Phi) is 5.73. The molecule has 1 aliphatic carbocycles. The van der Waals surface area contributed by atoms with Crippen molar-refractivity contribution in [3.63, 3.8) is 0 Å². The predicted molar refractivity (Wildman–Crippen MR) is 122 cm³/mol. The summed E-state index contributed by atoms with van der Waals surface area (Å²) in [6.45, 7) is 2.41. The molecule has 30 heavy (non-hydrogen) atoms. The highest BCUT2D eigenvalue weighted by atomic mass is 79.9. The molecule has 152 valence electrons. The lowest BCUT2D eigenvalue weighted by molar-refractivity contribution is -0.123. The van der Waals surface area contributed by atoms with Crippen molar-refractivity contribution < 1.29 is 9.59 Å². The molecule has 0 aliphatic heterocycles. The summed E-state index contributed by atoms with van der Waals surface area (Å²) in [5, 5.41) is 5.99. The average molecular weight is 463 g/mol. The van der Waals surface area contributed by atoms with Crippen molar-refractivity contribution in [1.29, 1.82) is 0 Å². The van der Waals surface area contributed by atoms with Crippen LogP contribution in [-0.2, 0) is 16.8 Å². The van der Waals surface area contributed by atoms with Crippen molar-refractivity contribution in [2.45, 2.75) is 31.7 Å². The first-order valence-electron chi connectivity index (χ1n) is 9.98. The summed E-state index contributed by atoms with van der Waals surface area (Å²) >= 11 is 3.44. The fraction of sp³-hybridized carbons (Fsp3) is 0.200. The van der Waals surface area contributed by atoms with Crippen LogP contribution in [0.2, 0.25) is 0 Å². The van der Waals surface area contributed by atoms with Crippen LogP contribution in [0, 0.1) is 6.92 Å². The highest BCUT2D eigenvalue weighted by Crippen LogP contribution is 2.48. The van der Waals surface area contributed by atoms with Crippen molar-refractivity contribution in [2.24, 2.45) is 0 Å². The van der Waals surface area contributed by atoms with Crippen LogP contribution in [0.4, 0.5) is 5.69 Å². The van der Waals surface area contributed by atoms with Crippen LogP contribution in [-0.4, -0.2) is 11.8 Å². The van der Waals surface area contributed by atoms with Crippen LogP contribution in [0.15, 0.2) is 77.3 Å². The van der Waals surface area contributed by atoms with E-state index < -0.39 is 5.41 Å². The molecule has 0 saturated heterocycles. The van der Waals surface area contributed by atoms with Crippen molar-refractivity contribution in [1.82, 2.24) is 5.32 Å². The third-order valence-corrected chi connectivity index (χ3v) is 6.06. The van der Waals surface area contributed by atoms with E-state index in [1.165, 1.54) is 0 Å². The molecular weight excluding hydrogens is 440 g/mol. The minimum Gasteiger partial charge on any atom is -0.351 e. The molecule has 3 aromatic carbocycles. The molecule has 1 fully saturated rings. The van der Waals surface area contributed by atoms with Crippen molar-refractivity contribution >= 4 is 33.4 Å². The molecule has 0 radical (unpaired) electrons.